The SMILES string of the molecule is CCCCOC(=O)c1ccc(NS(=O)(=O)c2ccc(Br)s2)cc1. The molecule has 0 aliphatic carbocycles. The van der Waals surface area contributed by atoms with Gasteiger partial charge in [-0.1, -0.05) is 13.3 Å². The Balaban J connectivity index is 2.04. The fraction of sp³-hybridized carbons (Fsp3) is 0.267. The Kier molecular flexibility index (Phi) is 6.20. The third kappa shape index (κ3) is 5.05. The minimum Gasteiger partial charge on any atom is -0.462 e. The minimum atomic E-state index is -3.62. The van der Waals surface area contributed by atoms with E-state index in [2.05, 4.69) is 20.7 Å². The Bertz CT molecular complexity index is 769. The predicted molar refractivity (Wildman–Crippen MR) is 94.5 cm³/mol. The summed E-state index contributed by atoms with van der Waals surface area (Å²) in [6.45, 7) is 2.40. The van der Waals surface area contributed by atoms with Crippen molar-refractivity contribution in [1.29, 1.82) is 0 Å². The van der Waals surface area contributed by atoms with E-state index >= 15 is 0 Å². The van der Waals surface area contributed by atoms with Crippen molar-refractivity contribution in [2.24, 2.45) is 0 Å². The van der Waals surface area contributed by atoms with Gasteiger partial charge in [-0.2, -0.15) is 0 Å². The van der Waals surface area contributed by atoms with E-state index in [9.17, 15) is 13.2 Å². The maximum atomic E-state index is 12.2. The second kappa shape index (κ2) is 7.94. The van der Waals surface area contributed by atoms with E-state index in [1.54, 1.807) is 6.07 Å². The number of carbonyl (C=O) groups is 1. The molecule has 5 nitrogen and oxygen atoms in total. The fourth-order valence-corrected chi connectivity index (χ4v) is 4.78. The first-order valence-electron chi connectivity index (χ1n) is 6.97. The molecule has 8 heteroatoms. The number of benzene rings is 1. The summed E-state index contributed by atoms with van der Waals surface area (Å²) in [4.78, 5) is 11.8. The molecule has 124 valence electrons. The normalized spacial score (nSPS) is 11.2. The molecule has 0 fully saturated rings. The zero-order valence-corrected chi connectivity index (χ0v) is 15.6. The molecule has 1 aromatic carbocycles. The number of anilines is 1. The van der Waals surface area contributed by atoms with Crippen molar-refractivity contribution in [3.63, 3.8) is 0 Å². The van der Waals surface area contributed by atoms with Gasteiger partial charge in [0.2, 0.25) is 0 Å². The van der Waals surface area contributed by atoms with Crippen LogP contribution in [0.3, 0.4) is 0 Å². The monoisotopic (exact) mass is 417 g/mol. The summed E-state index contributed by atoms with van der Waals surface area (Å²) in [6.07, 6.45) is 1.77. The summed E-state index contributed by atoms with van der Waals surface area (Å²) < 4.78 is 32.9. The molecule has 0 atom stereocenters. The van der Waals surface area contributed by atoms with E-state index in [0.717, 1.165) is 28.0 Å². The number of ether oxygens (including phenoxy) is 1. The number of esters is 1. The summed E-state index contributed by atoms with van der Waals surface area (Å²) in [7, 11) is -3.62. The molecule has 0 amide bonds. The molecule has 2 rings (SSSR count). The third-order valence-electron chi connectivity index (χ3n) is 2.92. The average Bonchev–Trinajstić information content (AvgIpc) is 2.95. The van der Waals surface area contributed by atoms with Crippen LogP contribution in [-0.2, 0) is 14.8 Å². The number of rotatable bonds is 7. The molecule has 23 heavy (non-hydrogen) atoms. The zero-order chi connectivity index (χ0) is 16.9. The van der Waals surface area contributed by atoms with Crippen LogP contribution in [0.5, 0.6) is 0 Å². The van der Waals surface area contributed by atoms with E-state index in [0.29, 0.717) is 17.9 Å². The van der Waals surface area contributed by atoms with Crippen molar-refractivity contribution in [1.82, 2.24) is 0 Å². The highest BCUT2D eigenvalue weighted by atomic mass is 79.9. The molecule has 0 spiro atoms. The lowest BCUT2D eigenvalue weighted by atomic mass is 10.2. The van der Waals surface area contributed by atoms with Crippen LogP contribution < -0.4 is 4.72 Å². The molecule has 1 N–H and O–H groups in total. The Labute approximate surface area is 147 Å². The number of nitrogens with one attached hydrogen (secondary N) is 1. The van der Waals surface area contributed by atoms with Crippen LogP contribution >= 0.6 is 27.3 Å². The molecule has 1 heterocycles. The van der Waals surface area contributed by atoms with E-state index in [4.69, 9.17) is 4.74 Å². The number of thiophene rings is 1. The van der Waals surface area contributed by atoms with E-state index in [-0.39, 0.29) is 4.21 Å². The highest BCUT2D eigenvalue weighted by Gasteiger charge is 2.17. The first-order valence-corrected chi connectivity index (χ1v) is 10.1. The Morgan fingerprint density at radius 1 is 1.22 bits per heavy atom. The van der Waals surface area contributed by atoms with Crippen LogP contribution in [0.15, 0.2) is 44.4 Å². The lowest BCUT2D eigenvalue weighted by molar-refractivity contribution is 0.0500. The molecule has 0 aliphatic heterocycles. The lowest BCUT2D eigenvalue weighted by Gasteiger charge is -2.07. The second-order valence-electron chi connectivity index (χ2n) is 4.73. The predicted octanol–water partition coefficient (Wildman–Crippen LogP) is 4.27. The fourth-order valence-electron chi connectivity index (χ4n) is 1.71. The van der Waals surface area contributed by atoms with Crippen LogP contribution in [0.1, 0.15) is 30.1 Å². The largest absolute Gasteiger partial charge is 0.462 e. The van der Waals surface area contributed by atoms with Crippen LogP contribution in [0.2, 0.25) is 0 Å². The zero-order valence-electron chi connectivity index (χ0n) is 12.4. The maximum Gasteiger partial charge on any atom is 0.338 e. The quantitative estimate of drug-likeness (QED) is 0.539. The maximum absolute atomic E-state index is 12.2. The van der Waals surface area contributed by atoms with Crippen LogP contribution in [-0.4, -0.2) is 21.0 Å². The summed E-state index contributed by atoms with van der Waals surface area (Å²) in [5, 5.41) is 0. The molecule has 0 radical (unpaired) electrons. The molecule has 0 saturated heterocycles. The molecule has 0 aliphatic rings. The third-order valence-corrected chi connectivity index (χ3v) is 6.41. The van der Waals surface area contributed by atoms with Gasteiger partial charge < -0.3 is 4.74 Å². The van der Waals surface area contributed by atoms with Crippen molar-refractivity contribution in [2.45, 2.75) is 24.0 Å². The van der Waals surface area contributed by atoms with Gasteiger partial charge in [0, 0.05) is 5.69 Å². The summed E-state index contributed by atoms with van der Waals surface area (Å²) in [6, 6.07) is 9.35. The number of sulfonamides is 1. The van der Waals surface area contributed by atoms with Crippen LogP contribution in [0, 0.1) is 0 Å². The molecule has 0 unspecified atom stereocenters. The molecule has 0 saturated carbocycles. The molecular weight excluding hydrogens is 402 g/mol. The molecular formula is C15H16BrNO4S2. The summed E-state index contributed by atoms with van der Waals surface area (Å²) in [5.74, 6) is -0.407. The number of hydrogen-bond acceptors (Lipinski definition) is 5. The summed E-state index contributed by atoms with van der Waals surface area (Å²) >= 11 is 4.36. The number of halogens is 1. The second-order valence-corrected chi connectivity index (χ2v) is 9.10. The smallest absolute Gasteiger partial charge is 0.338 e. The summed E-state index contributed by atoms with van der Waals surface area (Å²) in [5.41, 5.74) is 0.780. The highest BCUT2D eigenvalue weighted by Crippen LogP contribution is 2.27. The van der Waals surface area contributed by atoms with Gasteiger partial charge in [-0.05, 0) is 58.7 Å². The van der Waals surface area contributed by atoms with Gasteiger partial charge in [-0.3, -0.25) is 4.72 Å². The number of carbonyl (C=O) groups excluding carboxylic acids is 1. The Morgan fingerprint density at radius 3 is 2.48 bits per heavy atom. The highest BCUT2D eigenvalue weighted by molar-refractivity contribution is 9.11. The van der Waals surface area contributed by atoms with Gasteiger partial charge in [0.1, 0.15) is 4.21 Å². The van der Waals surface area contributed by atoms with E-state index < -0.39 is 16.0 Å². The van der Waals surface area contributed by atoms with Gasteiger partial charge in [0.05, 0.1) is 16.0 Å². The number of hydrogen-bond donors (Lipinski definition) is 1. The van der Waals surface area contributed by atoms with Gasteiger partial charge in [0.25, 0.3) is 10.0 Å². The first kappa shape index (κ1) is 18.0. The number of unbranched alkanes of at least 4 members (excludes halogenated alkanes) is 1. The lowest BCUT2D eigenvalue weighted by Crippen LogP contribution is -2.12. The first-order chi connectivity index (χ1) is 10.9. The van der Waals surface area contributed by atoms with Crippen molar-refractivity contribution < 1.29 is 17.9 Å². The van der Waals surface area contributed by atoms with Gasteiger partial charge in [-0.25, -0.2) is 13.2 Å². The Morgan fingerprint density at radius 2 is 1.91 bits per heavy atom. The van der Waals surface area contributed by atoms with E-state index in [1.165, 1.54) is 30.3 Å². The van der Waals surface area contributed by atoms with Crippen molar-refractivity contribution >= 4 is 48.9 Å². The van der Waals surface area contributed by atoms with Crippen molar-refractivity contribution in [3.05, 3.63) is 45.7 Å². The topological polar surface area (TPSA) is 72.5 Å². The Hall–Kier alpha value is -1.38. The minimum absolute atomic E-state index is 0.215. The average molecular weight is 418 g/mol. The van der Waals surface area contributed by atoms with Gasteiger partial charge in [-0.15, -0.1) is 11.3 Å². The van der Waals surface area contributed by atoms with Crippen molar-refractivity contribution in [3.8, 4) is 0 Å². The van der Waals surface area contributed by atoms with Gasteiger partial charge >= 0.3 is 5.97 Å². The van der Waals surface area contributed by atoms with Crippen LogP contribution in [0.4, 0.5) is 5.69 Å². The van der Waals surface area contributed by atoms with E-state index in [1.807, 2.05) is 6.92 Å². The standard InChI is InChI=1S/C15H16BrNO4S2/c1-2-3-10-21-15(18)11-4-6-12(7-5-11)17-23(19,20)14-9-8-13(16)22-14/h4-9,17H,2-3,10H2,1H3. The molecule has 1 aromatic heterocycles. The molecule has 2 aromatic rings. The van der Waals surface area contributed by atoms with Crippen LogP contribution in [0.25, 0.3) is 0 Å². The van der Waals surface area contributed by atoms with Gasteiger partial charge in [0.15, 0.2) is 0 Å². The van der Waals surface area contributed by atoms with Crippen molar-refractivity contribution in [2.75, 3.05) is 11.3 Å². The molecule has 0 bridgehead atoms.